The molecular formula is C16H22N4O2S2. The number of rotatable bonds is 5. The first-order valence-electron chi connectivity index (χ1n) is 7.62. The molecule has 1 amide bonds. The maximum absolute atomic E-state index is 12.2. The van der Waals surface area contributed by atoms with E-state index in [1.165, 1.54) is 17.8 Å². The lowest BCUT2D eigenvalue weighted by atomic mass is 9.93. The van der Waals surface area contributed by atoms with Crippen molar-refractivity contribution in [2.75, 3.05) is 0 Å². The second-order valence-electron chi connectivity index (χ2n) is 6.55. The molecule has 0 aromatic carbocycles. The number of amides is 1. The first kappa shape index (κ1) is 18.7. The summed E-state index contributed by atoms with van der Waals surface area (Å²) in [5.41, 5.74) is 1.45. The van der Waals surface area contributed by atoms with Crippen LogP contribution in [-0.4, -0.2) is 26.1 Å². The molecule has 0 aliphatic heterocycles. The minimum Gasteiger partial charge on any atom is -0.349 e. The van der Waals surface area contributed by atoms with Gasteiger partial charge in [-0.15, -0.1) is 11.3 Å². The van der Waals surface area contributed by atoms with Gasteiger partial charge in [0.05, 0.1) is 17.5 Å². The standard InChI is InChI=1S/C16H22N4O2S2/c1-9-6-12(21)20-15(18-9)24-10(2)14(22)17-7-13-19-11(8-23-13)16(3,4)5/h6,8,10H,7H2,1-5H3,(H,17,22)(H,18,20,21)/t10-/m0/s1. The molecule has 0 saturated carbocycles. The molecule has 2 aromatic heterocycles. The highest BCUT2D eigenvalue weighted by molar-refractivity contribution is 8.00. The maximum atomic E-state index is 12.2. The number of aromatic nitrogens is 3. The average Bonchev–Trinajstić information content (AvgIpc) is 2.92. The Kier molecular flexibility index (Phi) is 5.82. The highest BCUT2D eigenvalue weighted by Crippen LogP contribution is 2.24. The lowest BCUT2D eigenvalue weighted by Gasteiger charge is -2.14. The van der Waals surface area contributed by atoms with Crippen molar-refractivity contribution in [3.05, 3.63) is 38.2 Å². The maximum Gasteiger partial charge on any atom is 0.251 e. The van der Waals surface area contributed by atoms with E-state index in [0.29, 0.717) is 17.4 Å². The second kappa shape index (κ2) is 7.48. The Morgan fingerprint density at radius 2 is 2.12 bits per heavy atom. The van der Waals surface area contributed by atoms with Gasteiger partial charge in [0, 0.05) is 22.6 Å². The molecule has 0 fully saturated rings. The number of thioether (sulfide) groups is 1. The first-order chi connectivity index (χ1) is 11.1. The Labute approximate surface area is 149 Å². The van der Waals surface area contributed by atoms with Crippen molar-refractivity contribution in [3.63, 3.8) is 0 Å². The summed E-state index contributed by atoms with van der Waals surface area (Å²) in [5.74, 6) is -0.114. The molecule has 0 aliphatic carbocycles. The van der Waals surface area contributed by atoms with Crippen LogP contribution < -0.4 is 10.9 Å². The molecule has 0 spiro atoms. The number of H-pyrrole nitrogens is 1. The smallest absolute Gasteiger partial charge is 0.251 e. The fourth-order valence-corrected chi connectivity index (χ4v) is 3.71. The van der Waals surface area contributed by atoms with Gasteiger partial charge in [0.25, 0.3) is 5.56 Å². The first-order valence-corrected chi connectivity index (χ1v) is 9.38. The molecule has 0 bridgehead atoms. The normalized spacial score (nSPS) is 12.9. The lowest BCUT2D eigenvalue weighted by Crippen LogP contribution is -2.30. The monoisotopic (exact) mass is 366 g/mol. The molecule has 1 atom stereocenters. The fourth-order valence-electron chi connectivity index (χ4n) is 1.87. The molecule has 6 nitrogen and oxygen atoms in total. The summed E-state index contributed by atoms with van der Waals surface area (Å²) in [7, 11) is 0. The second-order valence-corrected chi connectivity index (χ2v) is 8.82. The summed E-state index contributed by atoms with van der Waals surface area (Å²) < 4.78 is 0. The molecule has 24 heavy (non-hydrogen) atoms. The van der Waals surface area contributed by atoms with E-state index in [9.17, 15) is 9.59 Å². The highest BCUT2D eigenvalue weighted by Gasteiger charge is 2.19. The van der Waals surface area contributed by atoms with E-state index in [0.717, 1.165) is 10.7 Å². The van der Waals surface area contributed by atoms with E-state index in [2.05, 4.69) is 41.0 Å². The average molecular weight is 367 g/mol. The van der Waals surface area contributed by atoms with Crippen LogP contribution in [0, 0.1) is 6.92 Å². The van der Waals surface area contributed by atoms with Gasteiger partial charge in [0.15, 0.2) is 5.16 Å². The SMILES string of the molecule is Cc1cc(=O)[nH]c(S[C@@H](C)C(=O)NCc2nc(C(C)(C)C)cs2)n1. The van der Waals surface area contributed by atoms with E-state index >= 15 is 0 Å². The van der Waals surface area contributed by atoms with E-state index in [1.807, 2.05) is 5.38 Å². The number of hydrogen-bond acceptors (Lipinski definition) is 6. The molecule has 130 valence electrons. The van der Waals surface area contributed by atoms with Gasteiger partial charge in [0.1, 0.15) is 5.01 Å². The van der Waals surface area contributed by atoms with E-state index in [4.69, 9.17) is 0 Å². The third-order valence-corrected chi connectivity index (χ3v) is 5.07. The number of carbonyl (C=O) groups is 1. The number of nitrogens with zero attached hydrogens (tertiary/aromatic N) is 2. The van der Waals surface area contributed by atoms with Crippen LogP contribution in [0.4, 0.5) is 0 Å². The van der Waals surface area contributed by atoms with Crippen LogP contribution in [0.3, 0.4) is 0 Å². The fraction of sp³-hybridized carbons (Fsp3) is 0.500. The van der Waals surface area contributed by atoms with Crippen molar-refractivity contribution in [1.29, 1.82) is 0 Å². The third-order valence-electron chi connectivity index (χ3n) is 3.24. The van der Waals surface area contributed by atoms with Crippen molar-refractivity contribution in [2.24, 2.45) is 0 Å². The third kappa shape index (κ3) is 5.17. The molecule has 0 aliphatic rings. The number of thiazole rings is 1. The molecule has 2 aromatic rings. The number of aromatic amines is 1. The molecule has 0 saturated heterocycles. The summed E-state index contributed by atoms with van der Waals surface area (Å²) in [6.07, 6.45) is 0. The number of aryl methyl sites for hydroxylation is 1. The molecule has 2 heterocycles. The summed E-state index contributed by atoms with van der Waals surface area (Å²) >= 11 is 2.77. The van der Waals surface area contributed by atoms with Crippen LogP contribution in [-0.2, 0) is 16.8 Å². The topological polar surface area (TPSA) is 87.7 Å². The molecule has 8 heteroatoms. The molecule has 2 rings (SSSR count). The zero-order valence-corrected chi connectivity index (χ0v) is 16.1. The van der Waals surface area contributed by atoms with Crippen LogP contribution in [0.2, 0.25) is 0 Å². The van der Waals surface area contributed by atoms with Crippen LogP contribution in [0.5, 0.6) is 0 Å². The van der Waals surface area contributed by atoms with Gasteiger partial charge in [0.2, 0.25) is 5.91 Å². The highest BCUT2D eigenvalue weighted by atomic mass is 32.2. The van der Waals surface area contributed by atoms with Crippen LogP contribution in [0.1, 0.15) is 44.1 Å². The Balaban J connectivity index is 1.92. The van der Waals surface area contributed by atoms with Gasteiger partial charge in [-0.1, -0.05) is 32.5 Å². The predicted octanol–water partition coefficient (Wildman–Crippen LogP) is 2.63. The Bertz CT molecular complexity index is 777. The zero-order chi connectivity index (χ0) is 17.9. The quantitative estimate of drug-likeness (QED) is 0.627. The Hall–Kier alpha value is -1.67. The number of nitrogens with one attached hydrogen (secondary N) is 2. The molecule has 0 radical (unpaired) electrons. The minimum atomic E-state index is -0.364. The molecule has 0 unspecified atom stereocenters. The Morgan fingerprint density at radius 1 is 1.42 bits per heavy atom. The minimum absolute atomic E-state index is 0.00458. The number of hydrogen-bond donors (Lipinski definition) is 2. The van der Waals surface area contributed by atoms with Gasteiger partial charge in [-0.3, -0.25) is 9.59 Å². The van der Waals surface area contributed by atoms with E-state index < -0.39 is 0 Å². The van der Waals surface area contributed by atoms with Crippen molar-refractivity contribution in [1.82, 2.24) is 20.3 Å². The van der Waals surface area contributed by atoms with Gasteiger partial charge < -0.3 is 10.3 Å². The molecule has 2 N–H and O–H groups in total. The van der Waals surface area contributed by atoms with E-state index in [-0.39, 0.29) is 22.1 Å². The Morgan fingerprint density at radius 3 is 2.71 bits per heavy atom. The van der Waals surface area contributed by atoms with Crippen molar-refractivity contribution in [3.8, 4) is 0 Å². The zero-order valence-electron chi connectivity index (χ0n) is 14.5. The van der Waals surface area contributed by atoms with Crippen LogP contribution >= 0.6 is 23.1 Å². The van der Waals surface area contributed by atoms with Crippen LogP contribution in [0.25, 0.3) is 0 Å². The molecular weight excluding hydrogens is 344 g/mol. The summed E-state index contributed by atoms with van der Waals surface area (Å²) in [6.45, 7) is 10.3. The van der Waals surface area contributed by atoms with E-state index in [1.54, 1.807) is 25.2 Å². The van der Waals surface area contributed by atoms with Crippen molar-refractivity contribution >= 4 is 29.0 Å². The number of carbonyl (C=O) groups excluding carboxylic acids is 1. The van der Waals surface area contributed by atoms with Crippen molar-refractivity contribution in [2.45, 2.75) is 57.0 Å². The summed E-state index contributed by atoms with van der Waals surface area (Å²) in [4.78, 5) is 35.1. The largest absolute Gasteiger partial charge is 0.349 e. The summed E-state index contributed by atoms with van der Waals surface area (Å²) in [6, 6.07) is 1.42. The summed E-state index contributed by atoms with van der Waals surface area (Å²) in [5, 5.41) is 5.88. The predicted molar refractivity (Wildman–Crippen MR) is 97.6 cm³/mol. The van der Waals surface area contributed by atoms with Gasteiger partial charge in [-0.05, 0) is 13.8 Å². The van der Waals surface area contributed by atoms with Gasteiger partial charge >= 0.3 is 0 Å². The van der Waals surface area contributed by atoms with Crippen LogP contribution in [0.15, 0.2) is 21.4 Å². The van der Waals surface area contributed by atoms with Gasteiger partial charge in [-0.2, -0.15) is 0 Å². The lowest BCUT2D eigenvalue weighted by molar-refractivity contribution is -0.120. The van der Waals surface area contributed by atoms with Crippen molar-refractivity contribution < 1.29 is 4.79 Å². The van der Waals surface area contributed by atoms with Gasteiger partial charge in [-0.25, -0.2) is 9.97 Å².